The van der Waals surface area contributed by atoms with E-state index < -0.39 is 8.07 Å². The van der Waals surface area contributed by atoms with Gasteiger partial charge in [0.1, 0.15) is 0 Å². The summed E-state index contributed by atoms with van der Waals surface area (Å²) in [5, 5.41) is 5.84. The quantitative estimate of drug-likeness (QED) is 0.253. The Morgan fingerprint density at radius 3 is 1.35 bits per heavy atom. The first-order valence-corrected chi connectivity index (χ1v) is 14.9. The van der Waals surface area contributed by atoms with E-state index in [1.807, 2.05) is 0 Å². The summed E-state index contributed by atoms with van der Waals surface area (Å²) in [6.07, 6.45) is 0. The van der Waals surface area contributed by atoms with Crippen LogP contribution in [0.25, 0.3) is 33.4 Å². The Morgan fingerprint density at radius 2 is 0.730 bits per heavy atom. The van der Waals surface area contributed by atoms with Crippen LogP contribution in [0.2, 0.25) is 0 Å². The van der Waals surface area contributed by atoms with Crippen molar-refractivity contribution in [3.05, 3.63) is 158 Å². The average Bonchev–Trinajstić information content (AvgIpc) is 3.29. The second-order valence-corrected chi connectivity index (χ2v) is 13.5. The average molecular weight is 487 g/mol. The van der Waals surface area contributed by atoms with Crippen LogP contribution < -0.4 is 20.7 Å². The van der Waals surface area contributed by atoms with Crippen molar-refractivity contribution in [1.29, 1.82) is 0 Å². The predicted molar refractivity (Wildman–Crippen MR) is 160 cm³/mol. The highest BCUT2D eigenvalue weighted by Gasteiger charge is 2.48. The lowest BCUT2D eigenvalue weighted by molar-refractivity contribution is 1.59. The topological polar surface area (TPSA) is 0 Å². The predicted octanol–water partition coefficient (Wildman–Crippen LogP) is 6.38. The van der Waals surface area contributed by atoms with Crippen LogP contribution in [0.5, 0.6) is 0 Å². The van der Waals surface area contributed by atoms with Gasteiger partial charge in [-0.1, -0.05) is 158 Å². The molecule has 0 atom stereocenters. The van der Waals surface area contributed by atoms with Crippen molar-refractivity contribution in [2.75, 3.05) is 0 Å². The van der Waals surface area contributed by atoms with Crippen LogP contribution in [0, 0.1) is 0 Å². The molecule has 0 fully saturated rings. The van der Waals surface area contributed by atoms with Crippen molar-refractivity contribution in [3.63, 3.8) is 0 Å². The number of rotatable bonds is 4. The maximum absolute atomic E-state index is 2.49. The largest absolute Gasteiger partial charge is 0.180 e. The maximum atomic E-state index is 2.49. The molecule has 0 radical (unpaired) electrons. The van der Waals surface area contributed by atoms with Gasteiger partial charge < -0.3 is 0 Å². The van der Waals surface area contributed by atoms with Gasteiger partial charge in [0.25, 0.3) is 0 Å². The van der Waals surface area contributed by atoms with Gasteiger partial charge in [0.2, 0.25) is 0 Å². The zero-order chi connectivity index (χ0) is 24.7. The van der Waals surface area contributed by atoms with Crippen molar-refractivity contribution >= 4 is 28.8 Å². The van der Waals surface area contributed by atoms with E-state index in [0.717, 1.165) is 0 Å². The second kappa shape index (κ2) is 8.88. The van der Waals surface area contributed by atoms with Crippen molar-refractivity contribution in [3.8, 4) is 33.4 Å². The molecule has 0 unspecified atom stereocenters. The van der Waals surface area contributed by atoms with Gasteiger partial charge in [0.15, 0.2) is 8.07 Å². The molecule has 1 aliphatic heterocycles. The molecular formula is C36H26Si. The number of fused-ring (bicyclic) bond motifs is 3. The molecule has 0 saturated carbocycles. The Morgan fingerprint density at radius 1 is 0.297 bits per heavy atom. The first kappa shape index (κ1) is 21.8. The summed E-state index contributed by atoms with van der Waals surface area (Å²) in [5.41, 5.74) is 7.77. The van der Waals surface area contributed by atoms with Gasteiger partial charge in [-0.15, -0.1) is 0 Å². The van der Waals surface area contributed by atoms with Crippen LogP contribution in [0.3, 0.4) is 0 Å². The van der Waals surface area contributed by atoms with Gasteiger partial charge in [-0.3, -0.25) is 0 Å². The summed E-state index contributed by atoms with van der Waals surface area (Å²) in [4.78, 5) is 0. The summed E-state index contributed by atoms with van der Waals surface area (Å²) < 4.78 is 0. The summed E-state index contributed by atoms with van der Waals surface area (Å²) >= 11 is 0. The van der Waals surface area contributed by atoms with Crippen LogP contribution in [0.15, 0.2) is 158 Å². The maximum Gasteiger partial charge on any atom is 0.180 e. The third kappa shape index (κ3) is 3.43. The van der Waals surface area contributed by atoms with Crippen molar-refractivity contribution in [1.82, 2.24) is 0 Å². The molecule has 1 heterocycles. The number of benzene rings is 6. The molecule has 1 aliphatic rings. The van der Waals surface area contributed by atoms with E-state index in [-0.39, 0.29) is 0 Å². The van der Waals surface area contributed by atoms with Gasteiger partial charge in [-0.25, -0.2) is 0 Å². The lowest BCUT2D eigenvalue weighted by Gasteiger charge is -2.31. The molecule has 6 aromatic carbocycles. The number of hydrogen-bond acceptors (Lipinski definition) is 0. The summed E-state index contributed by atoms with van der Waals surface area (Å²) in [7, 11) is -2.45. The molecule has 6 aromatic rings. The molecule has 0 amide bonds. The molecule has 174 valence electrons. The molecule has 0 N–H and O–H groups in total. The van der Waals surface area contributed by atoms with Crippen LogP contribution >= 0.6 is 0 Å². The minimum absolute atomic E-state index is 1.25. The molecule has 0 aromatic heterocycles. The van der Waals surface area contributed by atoms with Gasteiger partial charge in [0, 0.05) is 0 Å². The first-order chi connectivity index (χ1) is 18.4. The van der Waals surface area contributed by atoms with Crippen LogP contribution in [-0.4, -0.2) is 8.07 Å². The lowest BCUT2D eigenvalue weighted by Crippen LogP contribution is -2.72. The highest BCUT2D eigenvalue weighted by Crippen LogP contribution is 2.32. The molecule has 0 saturated heterocycles. The van der Waals surface area contributed by atoms with E-state index in [2.05, 4.69) is 158 Å². The Balaban J connectivity index is 1.46. The second-order valence-electron chi connectivity index (χ2n) is 9.73. The first-order valence-electron chi connectivity index (χ1n) is 12.9. The fourth-order valence-electron chi connectivity index (χ4n) is 6.11. The third-order valence-electron chi connectivity index (χ3n) is 7.78. The number of hydrogen-bond donors (Lipinski definition) is 0. The van der Waals surface area contributed by atoms with Gasteiger partial charge in [-0.05, 0) is 54.1 Å². The molecular weight excluding hydrogens is 460 g/mol. The Hall–Kier alpha value is -4.46. The highest BCUT2D eigenvalue weighted by molar-refractivity contribution is 7.22. The minimum atomic E-state index is -2.45. The Bertz CT molecular complexity index is 1650. The fourth-order valence-corrected chi connectivity index (χ4v) is 11.3. The SMILES string of the molecule is c1ccc(-c2ccc(-c3ccc4c(c3)[Si](c3ccccc3)(c3ccccc3)c3ccccc3-4)cc2)cc1. The molecule has 0 nitrogen and oxygen atoms in total. The minimum Gasteiger partial charge on any atom is -0.0623 e. The van der Waals surface area contributed by atoms with E-state index in [1.54, 1.807) is 0 Å². The normalized spacial score (nSPS) is 13.1. The summed E-state index contributed by atoms with van der Waals surface area (Å²) in [6, 6.07) is 58.2. The van der Waals surface area contributed by atoms with Crippen LogP contribution in [0.4, 0.5) is 0 Å². The van der Waals surface area contributed by atoms with Crippen molar-refractivity contribution < 1.29 is 0 Å². The summed E-state index contributed by atoms with van der Waals surface area (Å²) in [5.74, 6) is 0. The Kier molecular flexibility index (Phi) is 5.23. The molecule has 0 aliphatic carbocycles. The molecule has 37 heavy (non-hydrogen) atoms. The zero-order valence-corrected chi connectivity index (χ0v) is 21.5. The monoisotopic (exact) mass is 486 g/mol. The van der Waals surface area contributed by atoms with Gasteiger partial charge in [0.05, 0.1) is 0 Å². The Labute approximate surface area is 219 Å². The van der Waals surface area contributed by atoms with Gasteiger partial charge >= 0.3 is 0 Å². The summed E-state index contributed by atoms with van der Waals surface area (Å²) in [6.45, 7) is 0. The molecule has 0 spiro atoms. The highest BCUT2D eigenvalue weighted by atomic mass is 28.3. The van der Waals surface area contributed by atoms with E-state index >= 15 is 0 Å². The molecule has 7 rings (SSSR count). The standard InChI is InChI=1S/C36H26Si/c1-4-12-27(13-5-1)28-20-22-29(23-21-28)30-24-25-34-33-18-10-11-19-35(33)37(36(34)26-30,31-14-6-2-7-15-31)32-16-8-3-9-17-32/h1-26H. The molecule has 1 heteroatoms. The zero-order valence-electron chi connectivity index (χ0n) is 20.5. The molecule has 0 bridgehead atoms. The van der Waals surface area contributed by atoms with Crippen molar-refractivity contribution in [2.24, 2.45) is 0 Å². The smallest absolute Gasteiger partial charge is 0.0623 e. The van der Waals surface area contributed by atoms with E-state index in [9.17, 15) is 0 Å². The third-order valence-corrected chi connectivity index (χ3v) is 12.6. The van der Waals surface area contributed by atoms with E-state index in [0.29, 0.717) is 0 Å². The lowest BCUT2D eigenvalue weighted by atomic mass is 9.98. The van der Waals surface area contributed by atoms with Crippen molar-refractivity contribution in [2.45, 2.75) is 0 Å². The van der Waals surface area contributed by atoms with Crippen LogP contribution in [-0.2, 0) is 0 Å². The fraction of sp³-hybridized carbons (Fsp3) is 0. The van der Waals surface area contributed by atoms with Gasteiger partial charge in [-0.2, -0.15) is 0 Å². The van der Waals surface area contributed by atoms with Crippen LogP contribution in [0.1, 0.15) is 0 Å². The van der Waals surface area contributed by atoms with E-state index in [1.165, 1.54) is 54.1 Å². The van der Waals surface area contributed by atoms with E-state index in [4.69, 9.17) is 0 Å².